The highest BCUT2D eigenvalue weighted by Gasteiger charge is 2.21. The maximum absolute atomic E-state index is 12.6. The van der Waals surface area contributed by atoms with Crippen LogP contribution in [0.3, 0.4) is 0 Å². The zero-order chi connectivity index (χ0) is 20.5. The molecule has 150 valence electrons. The number of halogens is 2. The standard InChI is InChI=1S/C17H17Cl2N3O4S2/c1-22-9-3-6-17(22)21-28(25,26)13-5-2-4-12(10-13)20-27(23,24)14-7-8-15(18)16(19)11-14/h2,4-5,7-8,10-11,20H,3,6,9H2,1H3/b21-17+. The van der Waals surface area contributed by atoms with Crippen LogP contribution >= 0.6 is 23.2 Å². The van der Waals surface area contributed by atoms with Crippen LogP contribution in [0.1, 0.15) is 12.8 Å². The fourth-order valence-electron chi connectivity index (χ4n) is 2.68. The number of sulfonamides is 2. The van der Waals surface area contributed by atoms with E-state index in [4.69, 9.17) is 23.2 Å². The fraction of sp³-hybridized carbons (Fsp3) is 0.235. The second-order valence-electron chi connectivity index (χ2n) is 6.22. The molecule has 0 aliphatic carbocycles. The molecule has 11 heteroatoms. The molecule has 7 nitrogen and oxygen atoms in total. The molecule has 0 spiro atoms. The van der Waals surface area contributed by atoms with Crippen LogP contribution in [-0.4, -0.2) is 41.2 Å². The number of hydrogen-bond acceptors (Lipinski definition) is 4. The first-order valence-corrected chi connectivity index (χ1v) is 11.9. The van der Waals surface area contributed by atoms with Crippen molar-refractivity contribution in [2.75, 3.05) is 18.3 Å². The first-order valence-electron chi connectivity index (χ1n) is 8.21. The van der Waals surface area contributed by atoms with Crippen LogP contribution in [0.25, 0.3) is 0 Å². The van der Waals surface area contributed by atoms with Gasteiger partial charge in [0.1, 0.15) is 5.84 Å². The number of rotatable bonds is 5. The van der Waals surface area contributed by atoms with E-state index in [0.29, 0.717) is 12.3 Å². The van der Waals surface area contributed by atoms with Crippen LogP contribution in [0, 0.1) is 0 Å². The lowest BCUT2D eigenvalue weighted by molar-refractivity contribution is 0.548. The van der Waals surface area contributed by atoms with E-state index in [0.717, 1.165) is 13.0 Å². The van der Waals surface area contributed by atoms with Gasteiger partial charge in [-0.3, -0.25) is 4.72 Å². The SMILES string of the molecule is CN1CCC/C1=N\S(=O)(=O)c1cccc(NS(=O)(=O)c2ccc(Cl)c(Cl)c2)c1. The second kappa shape index (κ2) is 7.90. The van der Waals surface area contributed by atoms with Crippen molar-refractivity contribution in [3.05, 3.63) is 52.5 Å². The monoisotopic (exact) mass is 461 g/mol. The summed E-state index contributed by atoms with van der Waals surface area (Å²) in [6.07, 6.45) is 1.42. The Labute approximate surface area is 174 Å². The topological polar surface area (TPSA) is 95.9 Å². The van der Waals surface area contributed by atoms with E-state index in [2.05, 4.69) is 9.12 Å². The van der Waals surface area contributed by atoms with E-state index >= 15 is 0 Å². The van der Waals surface area contributed by atoms with Gasteiger partial charge in [0, 0.05) is 20.0 Å². The van der Waals surface area contributed by atoms with E-state index in [1.54, 1.807) is 11.9 Å². The molecule has 3 rings (SSSR count). The molecule has 1 saturated heterocycles. The highest BCUT2D eigenvalue weighted by Crippen LogP contribution is 2.27. The summed E-state index contributed by atoms with van der Waals surface area (Å²) in [6.45, 7) is 0.748. The maximum Gasteiger partial charge on any atom is 0.284 e. The van der Waals surface area contributed by atoms with E-state index in [1.165, 1.54) is 42.5 Å². The smallest absolute Gasteiger partial charge is 0.284 e. The molecule has 1 aliphatic rings. The van der Waals surface area contributed by atoms with Gasteiger partial charge in [-0.15, -0.1) is 4.40 Å². The van der Waals surface area contributed by atoms with Gasteiger partial charge in [0.2, 0.25) is 0 Å². The quantitative estimate of drug-likeness (QED) is 0.733. The lowest BCUT2D eigenvalue weighted by Gasteiger charge is -2.12. The minimum absolute atomic E-state index is 0.0899. The molecule has 0 saturated carbocycles. The number of nitrogens with one attached hydrogen (secondary N) is 1. The van der Waals surface area contributed by atoms with E-state index in [9.17, 15) is 16.8 Å². The van der Waals surface area contributed by atoms with Gasteiger partial charge in [-0.1, -0.05) is 29.3 Å². The van der Waals surface area contributed by atoms with Crippen LogP contribution in [0.4, 0.5) is 5.69 Å². The van der Waals surface area contributed by atoms with Crippen molar-refractivity contribution in [1.82, 2.24) is 4.90 Å². The summed E-state index contributed by atoms with van der Waals surface area (Å²) in [6, 6.07) is 9.37. The highest BCUT2D eigenvalue weighted by molar-refractivity contribution is 7.92. The minimum atomic E-state index is -3.98. The first-order chi connectivity index (χ1) is 13.1. The van der Waals surface area contributed by atoms with E-state index in [-0.39, 0.29) is 25.5 Å². The van der Waals surface area contributed by atoms with Crippen LogP contribution in [0.2, 0.25) is 10.0 Å². The van der Waals surface area contributed by atoms with Crippen molar-refractivity contribution in [2.45, 2.75) is 22.6 Å². The second-order valence-corrected chi connectivity index (χ2v) is 10.3. The first kappa shape index (κ1) is 20.9. The summed E-state index contributed by atoms with van der Waals surface area (Å²) in [4.78, 5) is 1.59. The summed E-state index contributed by atoms with van der Waals surface area (Å²) in [5.41, 5.74) is 0.0899. The molecule has 1 heterocycles. The number of nitrogens with zero attached hydrogens (tertiary/aromatic N) is 2. The molecular weight excluding hydrogens is 445 g/mol. The Morgan fingerprint density at radius 1 is 1.00 bits per heavy atom. The van der Waals surface area contributed by atoms with Crippen molar-refractivity contribution in [3.63, 3.8) is 0 Å². The third-order valence-electron chi connectivity index (χ3n) is 4.15. The normalized spacial score (nSPS) is 16.5. The van der Waals surface area contributed by atoms with Crippen LogP contribution in [-0.2, 0) is 20.0 Å². The highest BCUT2D eigenvalue weighted by atomic mass is 35.5. The van der Waals surface area contributed by atoms with Crippen molar-refractivity contribution in [1.29, 1.82) is 0 Å². The number of likely N-dealkylation sites (tertiary alicyclic amines) is 1. The van der Waals surface area contributed by atoms with E-state index in [1.807, 2.05) is 0 Å². The molecule has 1 N–H and O–H groups in total. The summed E-state index contributed by atoms with van der Waals surface area (Å²) in [5, 5.41) is 0.321. The molecule has 28 heavy (non-hydrogen) atoms. The van der Waals surface area contributed by atoms with Crippen molar-refractivity contribution in [3.8, 4) is 0 Å². The number of hydrogen-bond donors (Lipinski definition) is 1. The molecule has 0 unspecified atom stereocenters. The third kappa shape index (κ3) is 4.60. The Morgan fingerprint density at radius 3 is 2.39 bits per heavy atom. The van der Waals surface area contributed by atoms with Gasteiger partial charge in [0.15, 0.2) is 0 Å². The summed E-state index contributed by atoms with van der Waals surface area (Å²) >= 11 is 11.7. The van der Waals surface area contributed by atoms with Gasteiger partial charge < -0.3 is 4.90 Å². The number of anilines is 1. The molecule has 0 radical (unpaired) electrons. The average Bonchev–Trinajstić information content (AvgIpc) is 3.01. The van der Waals surface area contributed by atoms with Crippen molar-refractivity contribution in [2.24, 2.45) is 4.40 Å². The summed E-state index contributed by atoms with van der Waals surface area (Å²) in [5.74, 6) is 0.488. The third-order valence-corrected chi connectivity index (χ3v) is 7.56. The lowest BCUT2D eigenvalue weighted by atomic mass is 10.3. The van der Waals surface area contributed by atoms with Gasteiger partial charge in [-0.25, -0.2) is 8.42 Å². The van der Waals surface area contributed by atoms with Crippen LogP contribution in [0.15, 0.2) is 56.7 Å². The van der Waals surface area contributed by atoms with Crippen LogP contribution < -0.4 is 4.72 Å². The molecular formula is C17H17Cl2N3O4S2. The molecule has 2 aromatic rings. The average molecular weight is 462 g/mol. The zero-order valence-corrected chi connectivity index (χ0v) is 17.9. The minimum Gasteiger partial charge on any atom is -0.362 e. The Kier molecular flexibility index (Phi) is 5.90. The lowest BCUT2D eigenvalue weighted by Crippen LogP contribution is -2.20. The largest absolute Gasteiger partial charge is 0.362 e. The zero-order valence-electron chi connectivity index (χ0n) is 14.8. The molecule has 1 fully saturated rings. The van der Waals surface area contributed by atoms with Gasteiger partial charge in [0.25, 0.3) is 20.0 Å². The summed E-state index contributed by atoms with van der Waals surface area (Å²) < 4.78 is 56.5. The Hall–Kier alpha value is -1.81. The van der Waals surface area contributed by atoms with Gasteiger partial charge in [-0.2, -0.15) is 8.42 Å². The fourth-order valence-corrected chi connectivity index (χ4v) is 5.26. The molecule has 0 amide bonds. The molecule has 0 bridgehead atoms. The number of benzene rings is 2. The van der Waals surface area contributed by atoms with Crippen LogP contribution in [0.5, 0.6) is 0 Å². The molecule has 0 aromatic heterocycles. The Bertz CT molecular complexity index is 1150. The maximum atomic E-state index is 12.6. The van der Waals surface area contributed by atoms with Crippen molar-refractivity contribution >= 4 is 54.8 Å². The van der Waals surface area contributed by atoms with Gasteiger partial charge >= 0.3 is 0 Å². The summed E-state index contributed by atoms with van der Waals surface area (Å²) in [7, 11) is -6.16. The predicted molar refractivity (Wildman–Crippen MR) is 110 cm³/mol. The Balaban J connectivity index is 1.90. The molecule has 1 aliphatic heterocycles. The van der Waals surface area contributed by atoms with E-state index < -0.39 is 20.0 Å². The predicted octanol–water partition coefficient (Wildman–Crippen LogP) is 3.61. The van der Waals surface area contributed by atoms with Gasteiger partial charge in [-0.05, 0) is 42.8 Å². The number of amidine groups is 1. The van der Waals surface area contributed by atoms with Gasteiger partial charge in [0.05, 0.1) is 25.5 Å². The molecule has 0 atom stereocenters. The molecule has 2 aromatic carbocycles. The van der Waals surface area contributed by atoms with Crippen molar-refractivity contribution < 1.29 is 16.8 Å². The Morgan fingerprint density at radius 2 is 1.75 bits per heavy atom.